The number of allylic oxidation sites excluding steroid dienone is 1. The number of hydrogen-bond acceptors (Lipinski definition) is 5. The summed E-state index contributed by atoms with van der Waals surface area (Å²) in [6, 6.07) is 30.5. The third kappa shape index (κ3) is 6.54. The molecule has 4 rings (SSSR count). The van der Waals surface area contributed by atoms with Crippen molar-refractivity contribution in [1.29, 1.82) is 0 Å². The normalized spacial score (nSPS) is 10.7. The van der Waals surface area contributed by atoms with Crippen molar-refractivity contribution in [2.24, 2.45) is 0 Å². The van der Waals surface area contributed by atoms with E-state index in [0.717, 1.165) is 16.7 Å². The molecule has 36 heavy (non-hydrogen) atoms. The van der Waals surface area contributed by atoms with Crippen LogP contribution >= 0.6 is 0 Å². The standard InChI is InChI=1S/C31H28O5/c1-33-26-15-13-25(30(19-26)36-22-24-11-7-4-8-12-24)14-18-29(32)28-17-16-27(20-31(28)34-2)35-21-23-9-5-3-6-10-23/h3-20H,21-22H2,1-2H3. The van der Waals surface area contributed by atoms with Crippen molar-refractivity contribution in [3.05, 3.63) is 125 Å². The Labute approximate surface area is 211 Å². The summed E-state index contributed by atoms with van der Waals surface area (Å²) in [6.45, 7) is 0.835. The Bertz CT molecular complexity index is 1310. The zero-order valence-electron chi connectivity index (χ0n) is 20.3. The van der Waals surface area contributed by atoms with Crippen LogP contribution < -0.4 is 18.9 Å². The van der Waals surface area contributed by atoms with Crippen molar-refractivity contribution in [3.63, 3.8) is 0 Å². The van der Waals surface area contributed by atoms with Crippen LogP contribution in [0, 0.1) is 0 Å². The molecule has 0 aromatic heterocycles. The van der Waals surface area contributed by atoms with Crippen LogP contribution in [0.3, 0.4) is 0 Å². The molecule has 0 aliphatic heterocycles. The fraction of sp³-hybridized carbons (Fsp3) is 0.129. The molecule has 0 radical (unpaired) electrons. The third-order valence-electron chi connectivity index (χ3n) is 5.56. The summed E-state index contributed by atoms with van der Waals surface area (Å²) in [7, 11) is 3.14. The van der Waals surface area contributed by atoms with Gasteiger partial charge in [0.25, 0.3) is 0 Å². The van der Waals surface area contributed by atoms with Gasteiger partial charge in [-0.1, -0.05) is 60.7 Å². The van der Waals surface area contributed by atoms with Crippen LogP contribution in [0.4, 0.5) is 0 Å². The van der Waals surface area contributed by atoms with E-state index in [2.05, 4.69) is 0 Å². The van der Waals surface area contributed by atoms with Gasteiger partial charge in [-0.2, -0.15) is 0 Å². The van der Waals surface area contributed by atoms with Gasteiger partial charge >= 0.3 is 0 Å². The minimum absolute atomic E-state index is 0.189. The van der Waals surface area contributed by atoms with Gasteiger partial charge in [0.2, 0.25) is 0 Å². The quantitative estimate of drug-likeness (QED) is 0.175. The summed E-state index contributed by atoms with van der Waals surface area (Å²) in [5, 5.41) is 0. The lowest BCUT2D eigenvalue weighted by Gasteiger charge is -2.12. The molecule has 4 aromatic rings. The van der Waals surface area contributed by atoms with E-state index in [9.17, 15) is 4.79 Å². The molecule has 0 amide bonds. The Hall–Kier alpha value is -4.51. The predicted octanol–water partition coefficient (Wildman–Crippen LogP) is 6.76. The van der Waals surface area contributed by atoms with Crippen LogP contribution in [0.15, 0.2) is 103 Å². The third-order valence-corrected chi connectivity index (χ3v) is 5.56. The predicted molar refractivity (Wildman–Crippen MR) is 141 cm³/mol. The Morgan fingerprint density at radius 1 is 0.667 bits per heavy atom. The average molecular weight is 481 g/mol. The number of ether oxygens (including phenoxy) is 4. The summed E-state index contributed by atoms with van der Waals surface area (Å²) in [6.07, 6.45) is 3.25. The van der Waals surface area contributed by atoms with Gasteiger partial charge in [0.1, 0.15) is 36.2 Å². The lowest BCUT2D eigenvalue weighted by Crippen LogP contribution is -2.01. The first kappa shape index (κ1) is 24.6. The van der Waals surface area contributed by atoms with Crippen LogP contribution in [0.2, 0.25) is 0 Å². The van der Waals surface area contributed by atoms with Crippen molar-refractivity contribution < 1.29 is 23.7 Å². The molecule has 0 heterocycles. The molecule has 0 bridgehead atoms. The molecule has 0 N–H and O–H groups in total. The van der Waals surface area contributed by atoms with Gasteiger partial charge < -0.3 is 18.9 Å². The lowest BCUT2D eigenvalue weighted by atomic mass is 10.1. The zero-order chi connectivity index (χ0) is 25.2. The highest BCUT2D eigenvalue weighted by Gasteiger charge is 2.12. The van der Waals surface area contributed by atoms with Gasteiger partial charge in [-0.3, -0.25) is 4.79 Å². The van der Waals surface area contributed by atoms with Gasteiger partial charge in [-0.25, -0.2) is 0 Å². The molecule has 0 saturated heterocycles. The average Bonchev–Trinajstić information content (AvgIpc) is 2.94. The Balaban J connectivity index is 1.48. The minimum atomic E-state index is -0.189. The van der Waals surface area contributed by atoms with Gasteiger partial charge in [-0.05, 0) is 47.5 Å². The maximum atomic E-state index is 13.0. The number of methoxy groups -OCH3 is 2. The maximum Gasteiger partial charge on any atom is 0.189 e. The first-order valence-corrected chi connectivity index (χ1v) is 11.6. The first-order valence-electron chi connectivity index (χ1n) is 11.6. The molecular weight excluding hydrogens is 452 g/mol. The molecule has 0 unspecified atom stereocenters. The fourth-order valence-corrected chi connectivity index (χ4v) is 3.60. The number of benzene rings is 4. The lowest BCUT2D eigenvalue weighted by molar-refractivity contribution is 0.104. The molecule has 5 heteroatoms. The summed E-state index contributed by atoms with van der Waals surface area (Å²) in [5.74, 6) is 2.19. The second-order valence-electron chi connectivity index (χ2n) is 8.01. The van der Waals surface area contributed by atoms with Gasteiger partial charge in [-0.15, -0.1) is 0 Å². The molecular formula is C31H28O5. The number of rotatable bonds is 11. The van der Waals surface area contributed by atoms with E-state index in [1.54, 1.807) is 31.4 Å². The second-order valence-corrected chi connectivity index (χ2v) is 8.01. The fourth-order valence-electron chi connectivity index (χ4n) is 3.60. The second kappa shape index (κ2) is 12.3. The highest BCUT2D eigenvalue weighted by Crippen LogP contribution is 2.29. The first-order chi connectivity index (χ1) is 17.7. The van der Waals surface area contributed by atoms with Crippen LogP contribution in [0.1, 0.15) is 27.0 Å². The monoisotopic (exact) mass is 480 g/mol. The van der Waals surface area contributed by atoms with Gasteiger partial charge in [0.05, 0.1) is 19.8 Å². The number of hydrogen-bond donors (Lipinski definition) is 0. The topological polar surface area (TPSA) is 54.0 Å². The van der Waals surface area contributed by atoms with Crippen molar-refractivity contribution in [2.45, 2.75) is 13.2 Å². The Kier molecular flexibility index (Phi) is 8.39. The van der Waals surface area contributed by atoms with E-state index in [4.69, 9.17) is 18.9 Å². The van der Waals surface area contributed by atoms with Crippen molar-refractivity contribution in [2.75, 3.05) is 14.2 Å². The highest BCUT2D eigenvalue weighted by atomic mass is 16.5. The smallest absolute Gasteiger partial charge is 0.189 e. The zero-order valence-corrected chi connectivity index (χ0v) is 20.3. The van der Waals surface area contributed by atoms with Crippen LogP contribution in [-0.2, 0) is 13.2 Å². The Morgan fingerprint density at radius 2 is 1.28 bits per heavy atom. The molecule has 0 fully saturated rings. The van der Waals surface area contributed by atoms with E-state index in [0.29, 0.717) is 41.8 Å². The SMILES string of the molecule is COc1ccc(C=CC(=O)c2ccc(OCc3ccccc3)cc2OC)c(OCc2ccccc2)c1. The van der Waals surface area contributed by atoms with E-state index < -0.39 is 0 Å². The molecule has 0 spiro atoms. The maximum absolute atomic E-state index is 13.0. The van der Waals surface area contributed by atoms with E-state index >= 15 is 0 Å². The molecule has 0 aliphatic carbocycles. The number of carbonyl (C=O) groups is 1. The summed E-state index contributed by atoms with van der Waals surface area (Å²) in [4.78, 5) is 13.0. The molecule has 0 atom stereocenters. The van der Waals surface area contributed by atoms with Crippen LogP contribution in [-0.4, -0.2) is 20.0 Å². The van der Waals surface area contributed by atoms with E-state index in [1.807, 2.05) is 78.9 Å². The van der Waals surface area contributed by atoms with Gasteiger partial charge in [0, 0.05) is 17.7 Å². The van der Waals surface area contributed by atoms with Gasteiger partial charge in [0.15, 0.2) is 5.78 Å². The molecule has 4 aromatic carbocycles. The van der Waals surface area contributed by atoms with Crippen LogP contribution in [0.5, 0.6) is 23.0 Å². The summed E-state index contributed by atoms with van der Waals surface area (Å²) < 4.78 is 22.7. The summed E-state index contributed by atoms with van der Waals surface area (Å²) >= 11 is 0. The Morgan fingerprint density at radius 3 is 1.92 bits per heavy atom. The van der Waals surface area contributed by atoms with Crippen molar-refractivity contribution in [3.8, 4) is 23.0 Å². The van der Waals surface area contributed by atoms with Crippen molar-refractivity contribution >= 4 is 11.9 Å². The van der Waals surface area contributed by atoms with E-state index in [-0.39, 0.29) is 5.78 Å². The molecule has 0 aliphatic rings. The number of carbonyl (C=O) groups excluding carboxylic acids is 1. The van der Waals surface area contributed by atoms with Crippen LogP contribution in [0.25, 0.3) is 6.08 Å². The molecule has 0 saturated carbocycles. The molecule has 5 nitrogen and oxygen atoms in total. The minimum Gasteiger partial charge on any atom is -0.497 e. The van der Waals surface area contributed by atoms with Crippen molar-refractivity contribution in [1.82, 2.24) is 0 Å². The largest absolute Gasteiger partial charge is 0.497 e. The molecule has 182 valence electrons. The van der Waals surface area contributed by atoms with E-state index in [1.165, 1.54) is 13.2 Å². The number of ketones is 1. The highest BCUT2D eigenvalue weighted by molar-refractivity contribution is 6.08. The summed E-state index contributed by atoms with van der Waals surface area (Å²) in [5.41, 5.74) is 3.32.